The number of amidine groups is 1. The first-order valence-electron chi connectivity index (χ1n) is 16.1. The topological polar surface area (TPSA) is 235 Å². The van der Waals surface area contributed by atoms with Gasteiger partial charge >= 0.3 is 12.1 Å². The number of nitrogens with two attached hydrogens (primary N) is 2. The van der Waals surface area contributed by atoms with Crippen LogP contribution in [0, 0.1) is 10.1 Å². The van der Waals surface area contributed by atoms with Gasteiger partial charge in [0.15, 0.2) is 16.7 Å². The van der Waals surface area contributed by atoms with Crippen molar-refractivity contribution in [2.45, 2.75) is 52.9 Å². The van der Waals surface area contributed by atoms with E-state index in [-0.39, 0.29) is 56.1 Å². The summed E-state index contributed by atoms with van der Waals surface area (Å²) in [5, 5.41) is 13.6. The van der Waals surface area contributed by atoms with Crippen LogP contribution < -0.4 is 11.6 Å². The summed E-state index contributed by atoms with van der Waals surface area (Å²) >= 11 is 6.38. The SMILES string of the molecule is CCCCc1nc(Cl)c(C(=O)OC(C)OC=O)n1Cc1ccc(-c2ccccc2/C(N)=N/N(N)C(=O)OCCOCCO[N+](=O)[O-])cc1.CCOC. The summed E-state index contributed by atoms with van der Waals surface area (Å²) in [5.74, 6) is 5.50. The van der Waals surface area contributed by atoms with Crippen LogP contribution in [0.15, 0.2) is 53.6 Å². The number of halogens is 1. The molecule has 19 heteroatoms. The van der Waals surface area contributed by atoms with E-state index < -0.39 is 23.4 Å². The summed E-state index contributed by atoms with van der Waals surface area (Å²) < 4.78 is 26.2. The fourth-order valence-corrected chi connectivity index (χ4v) is 4.61. The van der Waals surface area contributed by atoms with Crippen LogP contribution >= 0.6 is 11.6 Å². The molecule has 1 atom stereocenters. The molecule has 0 aliphatic rings. The van der Waals surface area contributed by atoms with Crippen molar-refractivity contribution in [3.63, 3.8) is 0 Å². The zero-order valence-corrected chi connectivity index (χ0v) is 30.2. The predicted octanol–water partition coefficient (Wildman–Crippen LogP) is 4.08. The highest BCUT2D eigenvalue weighted by molar-refractivity contribution is 6.32. The van der Waals surface area contributed by atoms with E-state index >= 15 is 0 Å². The summed E-state index contributed by atoms with van der Waals surface area (Å²) in [6.45, 7) is 6.09. The maximum Gasteiger partial charge on any atom is 0.445 e. The number of benzene rings is 2. The van der Waals surface area contributed by atoms with Crippen molar-refractivity contribution in [2.75, 3.05) is 40.1 Å². The van der Waals surface area contributed by atoms with Crippen molar-refractivity contribution in [3.8, 4) is 11.1 Å². The van der Waals surface area contributed by atoms with Crippen LogP contribution in [0.3, 0.4) is 0 Å². The zero-order chi connectivity index (χ0) is 38.5. The first-order valence-corrected chi connectivity index (χ1v) is 16.5. The van der Waals surface area contributed by atoms with Gasteiger partial charge in [0.2, 0.25) is 6.29 Å². The molecule has 0 radical (unpaired) electrons. The molecule has 1 heterocycles. The summed E-state index contributed by atoms with van der Waals surface area (Å²) in [6.07, 6.45) is 0.184. The number of hydrogen-bond acceptors (Lipinski definition) is 14. The molecule has 1 unspecified atom stereocenters. The number of esters is 1. The van der Waals surface area contributed by atoms with Gasteiger partial charge < -0.3 is 38.8 Å². The number of aromatic nitrogens is 2. The van der Waals surface area contributed by atoms with Gasteiger partial charge in [-0.2, -0.15) is 0 Å². The normalized spacial score (nSPS) is 11.5. The van der Waals surface area contributed by atoms with Crippen molar-refractivity contribution in [3.05, 3.63) is 86.4 Å². The number of methoxy groups -OCH3 is 1. The molecular weight excluding hydrogens is 706 g/mol. The molecule has 2 aromatic carbocycles. The minimum absolute atomic E-state index is 0.0174. The monoisotopic (exact) mass is 749 g/mol. The smallest absolute Gasteiger partial charge is 0.445 e. The van der Waals surface area contributed by atoms with Gasteiger partial charge in [-0.25, -0.2) is 20.4 Å². The van der Waals surface area contributed by atoms with Crippen LogP contribution in [-0.4, -0.2) is 90.6 Å². The van der Waals surface area contributed by atoms with Gasteiger partial charge in [-0.05, 0) is 30.0 Å². The van der Waals surface area contributed by atoms with Crippen LogP contribution in [0.5, 0.6) is 0 Å². The third-order valence-electron chi connectivity index (χ3n) is 6.85. The molecule has 0 fully saturated rings. The van der Waals surface area contributed by atoms with Gasteiger partial charge in [-0.1, -0.05) is 73.5 Å². The number of carbonyl (C=O) groups excluding carboxylic acids is 3. The van der Waals surface area contributed by atoms with E-state index in [2.05, 4.69) is 24.4 Å². The van der Waals surface area contributed by atoms with E-state index in [1.807, 2.05) is 50.2 Å². The Morgan fingerprint density at radius 2 is 1.79 bits per heavy atom. The summed E-state index contributed by atoms with van der Waals surface area (Å²) in [7, 11) is 1.68. The summed E-state index contributed by atoms with van der Waals surface area (Å²) in [5.41, 5.74) is 9.04. The quantitative estimate of drug-likeness (QED) is 0.0158. The number of hydrazine groups is 1. The highest BCUT2D eigenvalue weighted by Gasteiger charge is 2.25. The number of unbranched alkanes of at least 4 members (excludes halogenated alkanes) is 1. The highest BCUT2D eigenvalue weighted by atomic mass is 35.5. The van der Waals surface area contributed by atoms with Crippen molar-refractivity contribution >= 4 is 36.0 Å². The third kappa shape index (κ3) is 14.1. The lowest BCUT2D eigenvalue weighted by Gasteiger charge is -2.15. The molecule has 0 saturated carbocycles. The standard InChI is InChI=1S/C30H36ClN7O10.C3H8O/c1-3-4-9-25-34-27(31)26(29(40)48-20(2)46-19-39)36(25)18-21-10-12-22(13-11-21)23-7-5-6-8-24(23)28(32)35-37(33)30(41)45-16-14-44-15-17-47-38(42)43;1-3-4-2/h5-8,10-13,19-20H,3-4,9,14-18,33H2,1-2H3,(H2,32,35);3H2,1-2H3. The van der Waals surface area contributed by atoms with Gasteiger partial charge in [-0.3, -0.25) is 4.79 Å². The molecule has 1 aromatic heterocycles. The van der Waals surface area contributed by atoms with Gasteiger partial charge in [0.25, 0.3) is 11.6 Å². The number of aryl methyl sites for hydroxylation is 1. The second-order valence-electron chi connectivity index (χ2n) is 10.5. The minimum Gasteiger partial charge on any atom is -0.445 e. The first kappa shape index (κ1) is 42.9. The lowest BCUT2D eigenvalue weighted by molar-refractivity contribution is -0.758. The molecule has 18 nitrogen and oxygen atoms in total. The molecule has 0 aliphatic heterocycles. The van der Waals surface area contributed by atoms with Crippen LogP contribution in [-0.2, 0) is 46.3 Å². The molecule has 0 spiro atoms. The van der Waals surface area contributed by atoms with E-state index in [4.69, 9.17) is 37.4 Å². The zero-order valence-electron chi connectivity index (χ0n) is 29.4. The van der Waals surface area contributed by atoms with Crippen LogP contribution in [0.4, 0.5) is 4.79 Å². The van der Waals surface area contributed by atoms with E-state index in [0.717, 1.165) is 30.6 Å². The number of imidazole rings is 1. The molecule has 4 N–H and O–H groups in total. The second-order valence-corrected chi connectivity index (χ2v) is 10.9. The number of carbonyl (C=O) groups is 3. The Hall–Kier alpha value is -5.30. The number of nitrogens with zero attached hydrogens (tertiary/aromatic N) is 5. The number of hydrazone groups is 1. The highest BCUT2D eigenvalue weighted by Crippen LogP contribution is 2.26. The average Bonchev–Trinajstić information content (AvgIpc) is 3.44. The number of hydrogen-bond donors (Lipinski definition) is 2. The molecule has 0 saturated heterocycles. The van der Waals surface area contributed by atoms with Gasteiger partial charge in [-0.15, -0.1) is 20.3 Å². The first-order chi connectivity index (χ1) is 25.0. The van der Waals surface area contributed by atoms with Crippen molar-refractivity contribution < 1.29 is 48.0 Å². The van der Waals surface area contributed by atoms with Crippen LogP contribution in [0.25, 0.3) is 11.1 Å². The van der Waals surface area contributed by atoms with Gasteiger partial charge in [0, 0.05) is 39.2 Å². The van der Waals surface area contributed by atoms with Gasteiger partial charge in [0.1, 0.15) is 19.0 Å². The average molecular weight is 750 g/mol. The number of rotatable bonds is 20. The number of ether oxygens (including phenoxy) is 5. The Bertz CT molecular complexity index is 1620. The molecule has 3 aromatic rings. The molecule has 52 heavy (non-hydrogen) atoms. The van der Waals surface area contributed by atoms with E-state index in [1.165, 1.54) is 6.92 Å². The fraction of sp³-hybridized carbons (Fsp3) is 0.424. The lowest BCUT2D eigenvalue weighted by atomic mass is 9.98. The van der Waals surface area contributed by atoms with Gasteiger partial charge in [0.05, 0.1) is 13.2 Å². The molecular formula is C33H44ClN7O11. The molecule has 0 bridgehead atoms. The van der Waals surface area contributed by atoms with E-state index in [0.29, 0.717) is 28.5 Å². The Labute approximate surface area is 305 Å². The van der Waals surface area contributed by atoms with E-state index in [9.17, 15) is 24.5 Å². The molecule has 0 aliphatic carbocycles. The molecule has 3 rings (SSSR count). The van der Waals surface area contributed by atoms with Crippen LogP contribution in [0.1, 0.15) is 61.1 Å². The Kier molecular flexibility index (Phi) is 19.1. The Balaban J connectivity index is 0.00000222. The Morgan fingerprint density at radius 3 is 2.42 bits per heavy atom. The van der Waals surface area contributed by atoms with Crippen molar-refractivity contribution in [1.82, 2.24) is 14.7 Å². The summed E-state index contributed by atoms with van der Waals surface area (Å²) in [4.78, 5) is 54.5. The predicted molar refractivity (Wildman–Crippen MR) is 188 cm³/mol. The fourth-order valence-electron chi connectivity index (χ4n) is 4.34. The molecule has 284 valence electrons. The lowest BCUT2D eigenvalue weighted by Crippen LogP contribution is -2.36. The number of amides is 1. The maximum atomic E-state index is 13.0. The maximum absolute atomic E-state index is 13.0. The van der Waals surface area contributed by atoms with Crippen LogP contribution in [0.2, 0.25) is 5.15 Å². The van der Waals surface area contributed by atoms with Crippen molar-refractivity contribution in [2.24, 2.45) is 16.7 Å². The summed E-state index contributed by atoms with van der Waals surface area (Å²) in [6, 6.07) is 14.5. The van der Waals surface area contributed by atoms with Crippen molar-refractivity contribution in [1.29, 1.82) is 0 Å². The Morgan fingerprint density at radius 1 is 1.12 bits per heavy atom. The van der Waals surface area contributed by atoms with E-state index in [1.54, 1.807) is 23.8 Å². The third-order valence-corrected chi connectivity index (χ3v) is 7.11. The minimum atomic E-state index is -1.11. The largest absolute Gasteiger partial charge is 0.445 e. The second kappa shape index (κ2) is 23.2. The molecule has 1 amide bonds.